The van der Waals surface area contributed by atoms with Gasteiger partial charge in [0.25, 0.3) is 0 Å². The molecule has 1 fully saturated rings. The molecule has 20 heavy (non-hydrogen) atoms. The van der Waals surface area contributed by atoms with Crippen molar-refractivity contribution in [2.24, 2.45) is 0 Å². The molecule has 108 valence electrons. The van der Waals surface area contributed by atoms with Crippen LogP contribution in [0.25, 0.3) is 0 Å². The SMILES string of the molecule is N#CCOc1cccc(CNC2CCCS(=O)(=O)C2)c1. The Hall–Kier alpha value is -1.58. The Balaban J connectivity index is 1.89. The van der Waals surface area contributed by atoms with Gasteiger partial charge in [0, 0.05) is 12.6 Å². The van der Waals surface area contributed by atoms with Crippen molar-refractivity contribution in [1.82, 2.24) is 5.32 Å². The summed E-state index contributed by atoms with van der Waals surface area (Å²) in [4.78, 5) is 0. The predicted molar refractivity (Wildman–Crippen MR) is 76.1 cm³/mol. The summed E-state index contributed by atoms with van der Waals surface area (Å²) in [6.45, 7) is 0.627. The highest BCUT2D eigenvalue weighted by Crippen LogP contribution is 2.15. The van der Waals surface area contributed by atoms with Crippen molar-refractivity contribution in [2.45, 2.75) is 25.4 Å². The van der Waals surface area contributed by atoms with Gasteiger partial charge in [-0.25, -0.2) is 8.42 Å². The summed E-state index contributed by atoms with van der Waals surface area (Å²) in [5, 5.41) is 11.8. The van der Waals surface area contributed by atoms with Crippen LogP contribution in [0.1, 0.15) is 18.4 Å². The fourth-order valence-corrected chi connectivity index (χ4v) is 3.98. The van der Waals surface area contributed by atoms with Crippen LogP contribution in [-0.4, -0.2) is 32.6 Å². The van der Waals surface area contributed by atoms with Gasteiger partial charge in [0.05, 0.1) is 11.5 Å². The molecule has 2 rings (SSSR count). The number of hydrogen-bond acceptors (Lipinski definition) is 5. The molecule has 1 aromatic carbocycles. The molecule has 6 heteroatoms. The van der Waals surface area contributed by atoms with E-state index in [4.69, 9.17) is 10.00 Å². The van der Waals surface area contributed by atoms with E-state index in [0.717, 1.165) is 18.4 Å². The molecule has 1 unspecified atom stereocenters. The number of rotatable bonds is 5. The normalized spacial score (nSPS) is 21.1. The fraction of sp³-hybridized carbons (Fsp3) is 0.500. The first kappa shape index (κ1) is 14.8. The van der Waals surface area contributed by atoms with E-state index in [1.807, 2.05) is 24.3 Å². The van der Waals surface area contributed by atoms with E-state index in [0.29, 0.717) is 18.0 Å². The second kappa shape index (κ2) is 6.73. The minimum absolute atomic E-state index is 0.0254. The standard InChI is InChI=1S/C14H18N2O3S/c15-6-7-19-14-5-1-3-12(9-14)10-16-13-4-2-8-20(17,18)11-13/h1,3,5,9,13,16H,2,4,7-8,10-11H2. The first-order valence-corrected chi connectivity index (χ1v) is 8.44. The van der Waals surface area contributed by atoms with Crippen LogP contribution in [0.15, 0.2) is 24.3 Å². The van der Waals surface area contributed by atoms with Gasteiger partial charge in [-0.3, -0.25) is 0 Å². The predicted octanol–water partition coefficient (Wildman–Crippen LogP) is 1.26. The van der Waals surface area contributed by atoms with E-state index in [9.17, 15) is 8.42 Å². The zero-order chi connectivity index (χ0) is 14.4. The summed E-state index contributed by atoms with van der Waals surface area (Å²) >= 11 is 0. The van der Waals surface area contributed by atoms with Crippen LogP contribution in [0.4, 0.5) is 0 Å². The first-order valence-electron chi connectivity index (χ1n) is 6.61. The molecule has 1 aliphatic rings. The number of sulfone groups is 1. The molecule has 0 spiro atoms. The van der Waals surface area contributed by atoms with Crippen molar-refractivity contribution in [3.63, 3.8) is 0 Å². The molecular formula is C14H18N2O3S. The molecule has 1 saturated heterocycles. The van der Waals surface area contributed by atoms with Crippen LogP contribution in [0, 0.1) is 11.3 Å². The number of benzene rings is 1. The van der Waals surface area contributed by atoms with Crippen molar-refractivity contribution >= 4 is 9.84 Å². The van der Waals surface area contributed by atoms with Gasteiger partial charge in [-0.1, -0.05) is 12.1 Å². The summed E-state index contributed by atoms with van der Waals surface area (Å²) in [5.41, 5.74) is 1.02. The quantitative estimate of drug-likeness (QED) is 0.884. The lowest BCUT2D eigenvalue weighted by atomic mass is 10.1. The molecule has 1 heterocycles. The second-order valence-corrected chi connectivity index (χ2v) is 7.16. The molecule has 5 nitrogen and oxygen atoms in total. The van der Waals surface area contributed by atoms with Crippen LogP contribution in [0.3, 0.4) is 0 Å². The van der Waals surface area contributed by atoms with Gasteiger partial charge in [-0.2, -0.15) is 5.26 Å². The van der Waals surface area contributed by atoms with Crippen LogP contribution >= 0.6 is 0 Å². The molecule has 1 N–H and O–H groups in total. The monoisotopic (exact) mass is 294 g/mol. The number of nitrogens with one attached hydrogen (secondary N) is 1. The van der Waals surface area contributed by atoms with Gasteiger partial charge in [0.2, 0.25) is 0 Å². The van der Waals surface area contributed by atoms with Crippen LogP contribution < -0.4 is 10.1 Å². The Kier molecular flexibility index (Phi) is 4.99. The van der Waals surface area contributed by atoms with Crippen LogP contribution in [0.2, 0.25) is 0 Å². The van der Waals surface area contributed by atoms with E-state index in [1.165, 1.54) is 0 Å². The second-order valence-electron chi connectivity index (χ2n) is 4.93. The highest BCUT2D eigenvalue weighted by atomic mass is 32.2. The lowest BCUT2D eigenvalue weighted by molar-refractivity contribution is 0.367. The van der Waals surface area contributed by atoms with Gasteiger partial charge < -0.3 is 10.1 Å². The maximum Gasteiger partial charge on any atom is 0.174 e. The Morgan fingerprint density at radius 1 is 1.45 bits per heavy atom. The average Bonchev–Trinajstić information content (AvgIpc) is 2.42. The van der Waals surface area contributed by atoms with Gasteiger partial charge >= 0.3 is 0 Å². The van der Waals surface area contributed by atoms with Crippen LogP contribution in [0.5, 0.6) is 5.75 Å². The summed E-state index contributed by atoms with van der Waals surface area (Å²) in [6.07, 6.45) is 1.62. The van der Waals surface area contributed by atoms with E-state index in [-0.39, 0.29) is 18.4 Å². The molecule has 1 aliphatic heterocycles. The minimum Gasteiger partial charge on any atom is -0.479 e. The lowest BCUT2D eigenvalue weighted by Crippen LogP contribution is -2.39. The third-order valence-corrected chi connectivity index (χ3v) is 5.08. The average molecular weight is 294 g/mol. The van der Waals surface area contributed by atoms with Crippen molar-refractivity contribution < 1.29 is 13.2 Å². The van der Waals surface area contributed by atoms with Crippen molar-refractivity contribution in [3.05, 3.63) is 29.8 Å². The molecule has 0 bridgehead atoms. The summed E-state index contributed by atoms with van der Waals surface area (Å²) in [6, 6.07) is 9.42. The lowest BCUT2D eigenvalue weighted by Gasteiger charge is -2.23. The Morgan fingerprint density at radius 3 is 3.05 bits per heavy atom. The van der Waals surface area contributed by atoms with Gasteiger partial charge in [-0.05, 0) is 30.5 Å². The highest BCUT2D eigenvalue weighted by Gasteiger charge is 2.24. The Bertz CT molecular complexity index is 593. The molecule has 0 radical (unpaired) electrons. The zero-order valence-electron chi connectivity index (χ0n) is 11.2. The maximum absolute atomic E-state index is 11.6. The smallest absolute Gasteiger partial charge is 0.174 e. The number of nitriles is 1. The number of nitrogens with zero attached hydrogens (tertiary/aromatic N) is 1. The van der Waals surface area contributed by atoms with E-state index in [2.05, 4.69) is 5.32 Å². The number of ether oxygens (including phenoxy) is 1. The summed E-state index contributed by atoms with van der Waals surface area (Å²) < 4.78 is 28.3. The molecule has 1 atom stereocenters. The van der Waals surface area contributed by atoms with Gasteiger partial charge in [-0.15, -0.1) is 0 Å². The Morgan fingerprint density at radius 2 is 2.30 bits per heavy atom. The van der Waals surface area contributed by atoms with Crippen molar-refractivity contribution in [2.75, 3.05) is 18.1 Å². The van der Waals surface area contributed by atoms with Gasteiger partial charge in [0.15, 0.2) is 16.4 Å². The van der Waals surface area contributed by atoms with Crippen molar-refractivity contribution in [3.8, 4) is 11.8 Å². The maximum atomic E-state index is 11.6. The topological polar surface area (TPSA) is 79.2 Å². The molecule has 0 saturated carbocycles. The zero-order valence-corrected chi connectivity index (χ0v) is 12.0. The molecule has 1 aromatic rings. The largest absolute Gasteiger partial charge is 0.479 e. The third-order valence-electron chi connectivity index (χ3n) is 3.26. The highest BCUT2D eigenvalue weighted by molar-refractivity contribution is 7.91. The van der Waals surface area contributed by atoms with E-state index < -0.39 is 9.84 Å². The summed E-state index contributed by atoms with van der Waals surface area (Å²) in [5.74, 6) is 1.18. The third kappa shape index (κ3) is 4.51. The minimum atomic E-state index is -2.88. The van der Waals surface area contributed by atoms with Crippen molar-refractivity contribution in [1.29, 1.82) is 5.26 Å². The molecule has 0 amide bonds. The summed E-state index contributed by atoms with van der Waals surface area (Å²) in [7, 11) is -2.88. The van der Waals surface area contributed by atoms with Gasteiger partial charge in [0.1, 0.15) is 11.8 Å². The first-order chi connectivity index (χ1) is 9.59. The molecule has 0 aromatic heterocycles. The number of hydrogen-bond donors (Lipinski definition) is 1. The Labute approximate surface area is 119 Å². The molecule has 0 aliphatic carbocycles. The van der Waals surface area contributed by atoms with E-state index in [1.54, 1.807) is 6.07 Å². The van der Waals surface area contributed by atoms with Crippen LogP contribution in [-0.2, 0) is 16.4 Å². The fourth-order valence-electron chi connectivity index (χ4n) is 2.31. The van der Waals surface area contributed by atoms with E-state index >= 15 is 0 Å². The molecular weight excluding hydrogens is 276 g/mol.